The average Bonchev–Trinajstić information content (AvgIpc) is 2.98. The molecule has 0 saturated carbocycles. The third-order valence-corrected chi connectivity index (χ3v) is 6.56. The number of benzene rings is 1. The van der Waals surface area contributed by atoms with Gasteiger partial charge in [0.1, 0.15) is 10.6 Å². The number of fused-ring (bicyclic) bond motifs is 1. The molecule has 1 aliphatic rings. The van der Waals surface area contributed by atoms with Crippen LogP contribution in [0, 0.1) is 18.2 Å². The molecule has 0 radical (unpaired) electrons. The van der Waals surface area contributed by atoms with Gasteiger partial charge in [0.05, 0.1) is 5.69 Å². The van der Waals surface area contributed by atoms with E-state index in [1.165, 1.54) is 10.4 Å². The lowest BCUT2D eigenvalue weighted by Gasteiger charge is -2.22. The highest BCUT2D eigenvalue weighted by Crippen LogP contribution is 2.42. The van der Waals surface area contributed by atoms with Crippen molar-refractivity contribution in [1.82, 2.24) is 10.2 Å². The summed E-state index contributed by atoms with van der Waals surface area (Å²) in [7, 11) is 0. The van der Waals surface area contributed by atoms with Gasteiger partial charge in [-0.05, 0) is 36.6 Å². The fourth-order valence-corrected chi connectivity index (χ4v) is 5.01. The predicted octanol–water partition coefficient (Wildman–Crippen LogP) is 4.81. The van der Waals surface area contributed by atoms with Crippen molar-refractivity contribution in [2.45, 2.75) is 38.3 Å². The minimum Gasteiger partial charge on any atom is -0.507 e. The van der Waals surface area contributed by atoms with Crippen molar-refractivity contribution < 1.29 is 5.11 Å². The van der Waals surface area contributed by atoms with E-state index in [1.54, 1.807) is 23.5 Å². The molecule has 1 aromatic carbocycles. The fourth-order valence-electron chi connectivity index (χ4n) is 3.73. The highest BCUT2D eigenvalue weighted by molar-refractivity contribution is 7.18. The normalized spacial score (nSPS) is 15.4. The lowest BCUT2D eigenvalue weighted by molar-refractivity contribution is 0.477. The van der Waals surface area contributed by atoms with E-state index in [9.17, 15) is 5.11 Å². The third-order valence-electron chi connectivity index (χ3n) is 5.20. The number of hydrogen-bond acceptors (Lipinski definition) is 5. The smallest absolute Gasteiger partial charge is 0.267 e. The van der Waals surface area contributed by atoms with Crippen LogP contribution in [0.15, 0.2) is 30.3 Å². The molecule has 4 nitrogen and oxygen atoms in total. The highest BCUT2D eigenvalue weighted by atomic mass is 32.1. The summed E-state index contributed by atoms with van der Waals surface area (Å²) in [6.45, 7) is 2.37. The topological polar surface area (TPSA) is 69.8 Å². The van der Waals surface area contributed by atoms with Crippen LogP contribution < -0.4 is 0 Å². The number of thiophene rings is 1. The molecule has 1 fully saturated rings. The first kappa shape index (κ1) is 16.1. The Morgan fingerprint density at radius 1 is 1.24 bits per heavy atom. The summed E-state index contributed by atoms with van der Waals surface area (Å²) >= 11 is 1.73. The van der Waals surface area contributed by atoms with Crippen LogP contribution >= 0.6 is 11.3 Å². The van der Waals surface area contributed by atoms with Crippen LogP contribution in [-0.4, -0.2) is 22.0 Å². The molecule has 3 aromatic rings. The van der Waals surface area contributed by atoms with Crippen molar-refractivity contribution in [2.75, 3.05) is 0 Å². The number of para-hydroxylation sites is 1. The zero-order valence-corrected chi connectivity index (χ0v) is 14.9. The molecule has 0 unspecified atom stereocenters. The van der Waals surface area contributed by atoms with Crippen LogP contribution in [0.25, 0.3) is 21.5 Å². The number of hydrogen-bond donors (Lipinski definition) is 1. The number of rotatable bonds is 2. The number of nitriles is 1. The number of aryl methyl sites for hydroxylation is 1. The quantitative estimate of drug-likeness (QED) is 0.676. The Kier molecular flexibility index (Phi) is 4.18. The zero-order chi connectivity index (χ0) is 17.4. The van der Waals surface area contributed by atoms with Gasteiger partial charge in [0.2, 0.25) is 0 Å². The van der Waals surface area contributed by atoms with Gasteiger partial charge in [-0.15, -0.1) is 21.5 Å². The number of phenols is 1. The van der Waals surface area contributed by atoms with E-state index < -0.39 is 0 Å². The maximum Gasteiger partial charge on any atom is 0.267 e. The van der Waals surface area contributed by atoms with E-state index >= 15 is 0 Å². The van der Waals surface area contributed by atoms with E-state index in [1.807, 2.05) is 18.2 Å². The van der Waals surface area contributed by atoms with E-state index in [4.69, 9.17) is 5.26 Å². The average molecular weight is 347 g/mol. The van der Waals surface area contributed by atoms with Crippen molar-refractivity contribution in [2.24, 2.45) is 0 Å². The molecule has 6 heteroatoms. The van der Waals surface area contributed by atoms with E-state index in [0.29, 0.717) is 17.2 Å². The van der Waals surface area contributed by atoms with Crippen LogP contribution in [0.4, 0.5) is 0 Å². The number of phenolic OH excluding ortho intramolecular Hbond substituents is 1. The van der Waals surface area contributed by atoms with Crippen LogP contribution in [0.3, 0.4) is 0 Å². The molecule has 0 aliphatic carbocycles. The molecular formula is C19H18BN3OS. The number of aromatic hydroxyl groups is 1. The summed E-state index contributed by atoms with van der Waals surface area (Å²) in [5.41, 5.74) is 2.68. The first-order valence-corrected chi connectivity index (χ1v) is 9.43. The van der Waals surface area contributed by atoms with Gasteiger partial charge in [0.25, 0.3) is 6.71 Å². The van der Waals surface area contributed by atoms with Gasteiger partial charge in [-0.2, -0.15) is 0 Å². The maximum absolute atomic E-state index is 10.1. The van der Waals surface area contributed by atoms with Crippen molar-refractivity contribution in [1.29, 1.82) is 5.26 Å². The standard InChI is InChI=1S/C19H18BN3OS/c1-12-15-10-16(14-4-2-3-5-17(14)24)22-23-19(15)25-18(12)13-6-8-20(11-21)9-7-13/h2-5,10,13,24H,6-9H2,1H3. The molecule has 124 valence electrons. The molecule has 1 N–H and O–H groups in total. The van der Waals surface area contributed by atoms with E-state index in [-0.39, 0.29) is 12.5 Å². The molecule has 1 saturated heterocycles. The zero-order valence-electron chi connectivity index (χ0n) is 14.1. The molecule has 1 aliphatic heterocycles. The summed E-state index contributed by atoms with van der Waals surface area (Å²) in [5, 5.41) is 29.0. The minimum atomic E-state index is 0.221. The Morgan fingerprint density at radius 2 is 2.00 bits per heavy atom. The second-order valence-electron chi connectivity index (χ2n) is 6.73. The molecule has 3 heterocycles. The second-order valence-corrected chi connectivity index (χ2v) is 7.77. The highest BCUT2D eigenvalue weighted by Gasteiger charge is 2.28. The van der Waals surface area contributed by atoms with Crippen LogP contribution in [0.1, 0.15) is 29.2 Å². The van der Waals surface area contributed by atoms with E-state index in [2.05, 4.69) is 23.1 Å². The second kappa shape index (κ2) is 6.49. The summed E-state index contributed by atoms with van der Waals surface area (Å²) < 4.78 is 0. The van der Waals surface area contributed by atoms with Crippen molar-refractivity contribution >= 4 is 28.3 Å². The summed E-state index contributed by atoms with van der Waals surface area (Å²) in [6.07, 6.45) is 4.13. The first-order valence-electron chi connectivity index (χ1n) is 8.62. The lowest BCUT2D eigenvalue weighted by Crippen LogP contribution is -2.18. The number of nitrogens with zero attached hydrogens (tertiary/aromatic N) is 3. The molecule has 0 spiro atoms. The van der Waals surface area contributed by atoms with Crippen molar-refractivity contribution in [3.05, 3.63) is 40.8 Å². The van der Waals surface area contributed by atoms with Crippen LogP contribution in [0.2, 0.25) is 12.6 Å². The summed E-state index contributed by atoms with van der Waals surface area (Å²) in [4.78, 5) is 2.34. The molecule has 0 amide bonds. The minimum absolute atomic E-state index is 0.221. The molecule has 4 rings (SSSR count). The maximum atomic E-state index is 10.1. The van der Waals surface area contributed by atoms with Gasteiger partial charge in [-0.1, -0.05) is 37.6 Å². The Morgan fingerprint density at radius 3 is 2.72 bits per heavy atom. The van der Waals surface area contributed by atoms with Gasteiger partial charge in [0.15, 0.2) is 0 Å². The number of aromatic nitrogens is 2. The molecule has 25 heavy (non-hydrogen) atoms. The van der Waals surface area contributed by atoms with Gasteiger partial charge < -0.3 is 5.11 Å². The summed E-state index contributed by atoms with van der Waals surface area (Å²) in [5.74, 6) is 3.15. The fraction of sp³-hybridized carbons (Fsp3) is 0.316. The van der Waals surface area contributed by atoms with Crippen LogP contribution in [0.5, 0.6) is 5.75 Å². The lowest BCUT2D eigenvalue weighted by atomic mass is 9.42. The van der Waals surface area contributed by atoms with Crippen molar-refractivity contribution in [3.63, 3.8) is 0 Å². The Balaban J connectivity index is 1.72. The van der Waals surface area contributed by atoms with Gasteiger partial charge in [-0.3, -0.25) is 0 Å². The first-order chi connectivity index (χ1) is 12.2. The molecule has 2 aromatic heterocycles. The van der Waals surface area contributed by atoms with E-state index in [0.717, 1.165) is 35.7 Å². The molecule has 0 atom stereocenters. The SMILES string of the molecule is Cc1c(C2CCB(C#N)CC2)sc2nnc(-c3ccccc3O)cc12. The Bertz CT molecular complexity index is 970. The third kappa shape index (κ3) is 2.89. The molecule has 0 bridgehead atoms. The summed E-state index contributed by atoms with van der Waals surface area (Å²) in [6, 6.07) is 9.25. The van der Waals surface area contributed by atoms with Gasteiger partial charge in [0, 0.05) is 21.8 Å². The van der Waals surface area contributed by atoms with Gasteiger partial charge in [-0.25, -0.2) is 5.26 Å². The van der Waals surface area contributed by atoms with Crippen molar-refractivity contribution in [3.8, 4) is 23.0 Å². The Hall–Kier alpha value is -2.39. The predicted molar refractivity (Wildman–Crippen MR) is 102 cm³/mol. The van der Waals surface area contributed by atoms with Gasteiger partial charge >= 0.3 is 0 Å². The monoisotopic (exact) mass is 347 g/mol. The largest absolute Gasteiger partial charge is 0.507 e. The molecular weight excluding hydrogens is 329 g/mol. The van der Waals surface area contributed by atoms with Crippen LogP contribution in [-0.2, 0) is 0 Å². The Labute approximate surface area is 151 Å².